The zero-order valence-electron chi connectivity index (χ0n) is 7.94. The Bertz CT molecular complexity index is 429. The maximum absolute atomic E-state index is 12.6. The Morgan fingerprint density at radius 3 is 2.47 bits per heavy atom. The van der Waals surface area contributed by atoms with Crippen LogP contribution < -0.4 is 4.74 Å². The van der Waals surface area contributed by atoms with Crippen molar-refractivity contribution in [2.24, 2.45) is 0 Å². The Morgan fingerprint density at radius 2 is 1.93 bits per heavy atom. The third-order valence-corrected chi connectivity index (χ3v) is 2.60. The molecule has 0 saturated heterocycles. The summed E-state index contributed by atoms with van der Waals surface area (Å²) in [5, 5.41) is 2.50. The number of rotatable bonds is 2. The van der Waals surface area contributed by atoms with Gasteiger partial charge in [0.25, 0.3) is 5.19 Å². The van der Waals surface area contributed by atoms with Crippen LogP contribution in [0.4, 0.5) is 4.39 Å². The average Bonchev–Trinajstić information content (AvgIpc) is 2.67. The van der Waals surface area contributed by atoms with Crippen molar-refractivity contribution in [2.45, 2.75) is 0 Å². The topological polar surface area (TPSA) is 22.1 Å². The summed E-state index contributed by atoms with van der Waals surface area (Å²) in [6, 6.07) is 6.23. The predicted octanol–water partition coefficient (Wildman–Crippen LogP) is 3.54. The van der Waals surface area contributed by atoms with E-state index in [-0.39, 0.29) is 22.8 Å². The van der Waals surface area contributed by atoms with Gasteiger partial charge in [0, 0.05) is 10.9 Å². The van der Waals surface area contributed by atoms with Gasteiger partial charge in [0.05, 0.1) is 12.8 Å². The molecule has 0 atom stereocenters. The standard InChI is InChI=1S/C10H8FNOS.BrH/c1-13-10-12-9(6-14-10)7-2-4-8(11)5-3-7;/h2-6H,1H3;1H. The molecule has 0 unspecified atom stereocenters. The Labute approximate surface area is 102 Å². The number of halogens is 2. The van der Waals surface area contributed by atoms with Gasteiger partial charge in [-0.15, -0.1) is 17.0 Å². The molecule has 1 heterocycles. The van der Waals surface area contributed by atoms with Crippen LogP contribution in [0.3, 0.4) is 0 Å². The summed E-state index contributed by atoms with van der Waals surface area (Å²) in [4.78, 5) is 4.20. The summed E-state index contributed by atoms with van der Waals surface area (Å²) < 4.78 is 17.6. The van der Waals surface area contributed by atoms with Crippen LogP contribution in [0.25, 0.3) is 11.3 Å². The number of thiazole rings is 1. The molecule has 1 aromatic heterocycles. The smallest absolute Gasteiger partial charge is 0.273 e. The minimum atomic E-state index is -0.240. The summed E-state index contributed by atoms with van der Waals surface area (Å²) >= 11 is 1.42. The number of aromatic nitrogens is 1. The van der Waals surface area contributed by atoms with E-state index >= 15 is 0 Å². The predicted molar refractivity (Wildman–Crippen MR) is 64.4 cm³/mol. The molecule has 0 spiro atoms. The molecule has 1 aromatic carbocycles. The fourth-order valence-electron chi connectivity index (χ4n) is 1.10. The number of hydrogen-bond acceptors (Lipinski definition) is 3. The first-order valence-corrected chi connectivity index (χ1v) is 4.93. The minimum absolute atomic E-state index is 0. The van der Waals surface area contributed by atoms with Crippen molar-refractivity contribution in [3.8, 4) is 16.5 Å². The number of benzene rings is 1. The van der Waals surface area contributed by atoms with Gasteiger partial charge in [-0.05, 0) is 24.3 Å². The van der Waals surface area contributed by atoms with Crippen LogP contribution >= 0.6 is 28.3 Å². The molecule has 0 aliphatic carbocycles. The molecule has 0 fully saturated rings. The molecule has 15 heavy (non-hydrogen) atoms. The van der Waals surface area contributed by atoms with Gasteiger partial charge in [-0.1, -0.05) is 11.3 Å². The van der Waals surface area contributed by atoms with Gasteiger partial charge in [-0.3, -0.25) is 0 Å². The van der Waals surface area contributed by atoms with E-state index in [1.165, 1.54) is 23.5 Å². The third-order valence-electron chi connectivity index (χ3n) is 1.80. The van der Waals surface area contributed by atoms with E-state index in [0.717, 1.165) is 11.3 Å². The summed E-state index contributed by atoms with van der Waals surface area (Å²) in [5.74, 6) is -0.240. The first-order chi connectivity index (χ1) is 6.79. The van der Waals surface area contributed by atoms with Crippen molar-refractivity contribution in [1.82, 2.24) is 4.98 Å². The lowest BCUT2D eigenvalue weighted by Gasteiger charge is -1.95. The van der Waals surface area contributed by atoms with Crippen molar-refractivity contribution < 1.29 is 9.13 Å². The maximum Gasteiger partial charge on any atom is 0.273 e. The zero-order chi connectivity index (χ0) is 9.97. The normalized spacial score (nSPS) is 9.47. The Morgan fingerprint density at radius 1 is 1.27 bits per heavy atom. The van der Waals surface area contributed by atoms with Crippen LogP contribution in [0.1, 0.15) is 0 Å². The zero-order valence-corrected chi connectivity index (χ0v) is 10.5. The SMILES string of the molecule is Br.COc1nc(-c2ccc(F)cc2)cs1. The summed E-state index contributed by atoms with van der Waals surface area (Å²) in [6.45, 7) is 0. The molecular formula is C10H9BrFNOS. The fourth-order valence-corrected chi connectivity index (χ4v) is 1.75. The molecule has 0 N–H and O–H groups in total. The second kappa shape index (κ2) is 5.23. The number of hydrogen-bond donors (Lipinski definition) is 0. The lowest BCUT2D eigenvalue weighted by atomic mass is 10.2. The molecule has 0 saturated carbocycles. The quantitative estimate of drug-likeness (QED) is 0.844. The molecule has 80 valence electrons. The highest BCUT2D eigenvalue weighted by atomic mass is 79.9. The summed E-state index contributed by atoms with van der Waals surface area (Å²) in [7, 11) is 1.58. The molecule has 5 heteroatoms. The van der Waals surface area contributed by atoms with Crippen molar-refractivity contribution >= 4 is 28.3 Å². The minimum Gasteiger partial charge on any atom is -0.473 e. The number of methoxy groups -OCH3 is 1. The molecular weight excluding hydrogens is 281 g/mol. The van der Waals surface area contributed by atoms with E-state index < -0.39 is 0 Å². The van der Waals surface area contributed by atoms with E-state index in [2.05, 4.69) is 4.98 Å². The fraction of sp³-hybridized carbons (Fsp3) is 0.100. The Balaban J connectivity index is 0.00000112. The lowest BCUT2D eigenvalue weighted by molar-refractivity contribution is 0.412. The molecule has 2 rings (SSSR count). The molecule has 2 nitrogen and oxygen atoms in total. The second-order valence-electron chi connectivity index (χ2n) is 2.71. The molecule has 0 aliphatic rings. The van der Waals surface area contributed by atoms with Gasteiger partial charge in [0.1, 0.15) is 5.82 Å². The highest BCUT2D eigenvalue weighted by Gasteiger charge is 2.03. The van der Waals surface area contributed by atoms with Gasteiger partial charge >= 0.3 is 0 Å². The van der Waals surface area contributed by atoms with Gasteiger partial charge < -0.3 is 4.74 Å². The van der Waals surface area contributed by atoms with E-state index in [1.54, 1.807) is 19.2 Å². The van der Waals surface area contributed by atoms with Crippen molar-refractivity contribution in [3.05, 3.63) is 35.5 Å². The summed E-state index contributed by atoms with van der Waals surface area (Å²) in [6.07, 6.45) is 0. The van der Waals surface area contributed by atoms with Crippen LogP contribution in [-0.4, -0.2) is 12.1 Å². The van der Waals surface area contributed by atoms with E-state index in [9.17, 15) is 4.39 Å². The van der Waals surface area contributed by atoms with Gasteiger partial charge in [0.15, 0.2) is 0 Å². The summed E-state index contributed by atoms with van der Waals surface area (Å²) in [5.41, 5.74) is 1.71. The highest BCUT2D eigenvalue weighted by molar-refractivity contribution is 8.93. The lowest BCUT2D eigenvalue weighted by Crippen LogP contribution is -1.82. The Hall–Kier alpha value is -0.940. The van der Waals surface area contributed by atoms with Gasteiger partial charge in [0.2, 0.25) is 0 Å². The number of ether oxygens (including phenoxy) is 1. The van der Waals surface area contributed by atoms with Crippen molar-refractivity contribution in [1.29, 1.82) is 0 Å². The maximum atomic E-state index is 12.6. The van der Waals surface area contributed by atoms with E-state index in [1.807, 2.05) is 5.38 Å². The Kier molecular flexibility index (Phi) is 4.23. The second-order valence-corrected chi connectivity index (χ2v) is 3.53. The first kappa shape index (κ1) is 12.1. The van der Waals surface area contributed by atoms with E-state index in [4.69, 9.17) is 4.74 Å². The first-order valence-electron chi connectivity index (χ1n) is 4.05. The van der Waals surface area contributed by atoms with Crippen LogP contribution in [0.15, 0.2) is 29.6 Å². The molecule has 2 aromatic rings. The van der Waals surface area contributed by atoms with Crippen LogP contribution in [0, 0.1) is 5.82 Å². The third kappa shape index (κ3) is 2.76. The highest BCUT2D eigenvalue weighted by Crippen LogP contribution is 2.25. The van der Waals surface area contributed by atoms with Gasteiger partial charge in [-0.2, -0.15) is 0 Å². The average molecular weight is 290 g/mol. The molecule has 0 bridgehead atoms. The molecule has 0 aliphatic heterocycles. The largest absolute Gasteiger partial charge is 0.473 e. The monoisotopic (exact) mass is 289 g/mol. The van der Waals surface area contributed by atoms with Crippen LogP contribution in [0.2, 0.25) is 0 Å². The van der Waals surface area contributed by atoms with Crippen molar-refractivity contribution in [3.63, 3.8) is 0 Å². The van der Waals surface area contributed by atoms with Crippen LogP contribution in [-0.2, 0) is 0 Å². The van der Waals surface area contributed by atoms with Gasteiger partial charge in [-0.25, -0.2) is 9.37 Å². The van der Waals surface area contributed by atoms with Crippen LogP contribution in [0.5, 0.6) is 5.19 Å². The van der Waals surface area contributed by atoms with E-state index in [0.29, 0.717) is 5.19 Å². The molecule has 0 amide bonds. The molecule has 0 radical (unpaired) electrons. The number of nitrogens with zero attached hydrogens (tertiary/aromatic N) is 1. The van der Waals surface area contributed by atoms with Crippen molar-refractivity contribution in [2.75, 3.05) is 7.11 Å².